The highest BCUT2D eigenvalue weighted by atomic mass is 15.3. The van der Waals surface area contributed by atoms with E-state index >= 15 is 0 Å². The van der Waals surface area contributed by atoms with Crippen molar-refractivity contribution in [2.45, 2.75) is 6.54 Å². The third-order valence-electron chi connectivity index (χ3n) is 3.07. The molecule has 1 aliphatic rings. The summed E-state index contributed by atoms with van der Waals surface area (Å²) >= 11 is 0. The SMILES string of the molecule is c1ccc2c(c1)-c1nncn1Cc1cncn1-2. The van der Waals surface area contributed by atoms with E-state index in [1.54, 1.807) is 6.33 Å². The topological polar surface area (TPSA) is 48.5 Å². The number of aromatic nitrogens is 5. The summed E-state index contributed by atoms with van der Waals surface area (Å²) in [6.07, 6.45) is 5.48. The molecule has 3 heterocycles. The lowest BCUT2D eigenvalue weighted by Crippen LogP contribution is -2.00. The number of rotatable bonds is 0. The van der Waals surface area contributed by atoms with E-state index in [0.717, 1.165) is 29.3 Å². The Hall–Kier alpha value is -2.43. The van der Waals surface area contributed by atoms with Crippen LogP contribution in [0.4, 0.5) is 0 Å². The van der Waals surface area contributed by atoms with Crippen LogP contribution in [-0.2, 0) is 6.54 Å². The molecule has 0 radical (unpaired) electrons. The van der Waals surface area contributed by atoms with E-state index < -0.39 is 0 Å². The molecule has 5 heteroatoms. The Bertz CT molecular complexity index is 635. The predicted molar refractivity (Wildman–Crippen MR) is 61.7 cm³/mol. The van der Waals surface area contributed by atoms with Gasteiger partial charge in [0.2, 0.25) is 0 Å². The highest BCUT2D eigenvalue weighted by Gasteiger charge is 2.19. The summed E-state index contributed by atoms with van der Waals surface area (Å²) in [5.74, 6) is 0.907. The largest absolute Gasteiger partial charge is 0.307 e. The zero-order valence-electron chi connectivity index (χ0n) is 8.98. The van der Waals surface area contributed by atoms with Crippen LogP contribution < -0.4 is 0 Å². The molecule has 0 saturated carbocycles. The number of imidazole rings is 1. The van der Waals surface area contributed by atoms with E-state index in [1.807, 2.05) is 29.2 Å². The van der Waals surface area contributed by atoms with Gasteiger partial charge < -0.3 is 9.13 Å². The molecule has 0 spiro atoms. The summed E-state index contributed by atoms with van der Waals surface area (Å²) in [5.41, 5.74) is 3.32. The van der Waals surface area contributed by atoms with Crippen molar-refractivity contribution in [3.8, 4) is 17.1 Å². The molecule has 0 atom stereocenters. The number of benzene rings is 1. The van der Waals surface area contributed by atoms with Gasteiger partial charge in [-0.15, -0.1) is 10.2 Å². The molecular weight excluding hydrogens is 214 g/mol. The van der Waals surface area contributed by atoms with Crippen LogP contribution in [0, 0.1) is 0 Å². The van der Waals surface area contributed by atoms with Crippen LogP contribution in [-0.4, -0.2) is 24.3 Å². The summed E-state index contributed by atoms with van der Waals surface area (Å²) in [6.45, 7) is 0.747. The molecule has 3 aromatic rings. The molecule has 4 rings (SSSR count). The van der Waals surface area contributed by atoms with Crippen molar-refractivity contribution in [2.75, 3.05) is 0 Å². The van der Waals surface area contributed by atoms with Gasteiger partial charge >= 0.3 is 0 Å². The molecule has 0 saturated heterocycles. The van der Waals surface area contributed by atoms with Crippen LogP contribution in [0.5, 0.6) is 0 Å². The van der Waals surface area contributed by atoms with Crippen molar-refractivity contribution in [3.63, 3.8) is 0 Å². The van der Waals surface area contributed by atoms with Crippen molar-refractivity contribution in [1.82, 2.24) is 24.3 Å². The van der Waals surface area contributed by atoms with Gasteiger partial charge in [0.25, 0.3) is 0 Å². The second-order valence-electron chi connectivity index (χ2n) is 4.05. The summed E-state index contributed by atoms with van der Waals surface area (Å²) in [4.78, 5) is 4.21. The Kier molecular flexibility index (Phi) is 1.55. The van der Waals surface area contributed by atoms with Crippen molar-refractivity contribution >= 4 is 0 Å². The number of nitrogens with zero attached hydrogens (tertiary/aromatic N) is 5. The van der Waals surface area contributed by atoms with Crippen molar-refractivity contribution in [1.29, 1.82) is 0 Å². The van der Waals surface area contributed by atoms with Crippen LogP contribution >= 0.6 is 0 Å². The molecule has 0 unspecified atom stereocenters. The van der Waals surface area contributed by atoms with Crippen LogP contribution in [0.2, 0.25) is 0 Å². The molecule has 1 aromatic carbocycles. The lowest BCUT2D eigenvalue weighted by Gasteiger charge is -2.06. The second-order valence-corrected chi connectivity index (χ2v) is 4.05. The Morgan fingerprint density at radius 3 is 3.06 bits per heavy atom. The maximum absolute atomic E-state index is 4.21. The van der Waals surface area contributed by atoms with Crippen molar-refractivity contribution < 1.29 is 0 Å². The molecule has 0 amide bonds. The minimum Gasteiger partial charge on any atom is -0.307 e. The first kappa shape index (κ1) is 8.69. The average Bonchev–Trinajstić information content (AvgIpc) is 2.97. The van der Waals surface area contributed by atoms with Crippen LogP contribution in [0.3, 0.4) is 0 Å². The van der Waals surface area contributed by atoms with Gasteiger partial charge in [-0.1, -0.05) is 12.1 Å². The fourth-order valence-corrected chi connectivity index (χ4v) is 2.28. The summed E-state index contributed by atoms with van der Waals surface area (Å²) in [7, 11) is 0. The first-order chi connectivity index (χ1) is 8.43. The molecule has 0 bridgehead atoms. The van der Waals surface area contributed by atoms with Crippen molar-refractivity contribution in [2.24, 2.45) is 0 Å². The van der Waals surface area contributed by atoms with Gasteiger partial charge in [-0.25, -0.2) is 4.98 Å². The van der Waals surface area contributed by atoms with Gasteiger partial charge in [0.05, 0.1) is 30.5 Å². The van der Waals surface area contributed by atoms with E-state index in [-0.39, 0.29) is 0 Å². The van der Waals surface area contributed by atoms with E-state index in [9.17, 15) is 0 Å². The predicted octanol–water partition coefficient (Wildman–Crippen LogP) is 1.49. The zero-order valence-corrected chi connectivity index (χ0v) is 8.98. The van der Waals surface area contributed by atoms with Gasteiger partial charge in [-0.2, -0.15) is 0 Å². The number of hydrogen-bond acceptors (Lipinski definition) is 3. The van der Waals surface area contributed by atoms with Crippen LogP contribution in [0.1, 0.15) is 5.69 Å². The third kappa shape index (κ3) is 1.10. The van der Waals surface area contributed by atoms with E-state index in [0.29, 0.717) is 0 Å². The molecule has 82 valence electrons. The number of fused-ring (bicyclic) bond motifs is 5. The lowest BCUT2D eigenvalue weighted by atomic mass is 10.1. The summed E-state index contributed by atoms with van der Waals surface area (Å²) in [6, 6.07) is 8.17. The monoisotopic (exact) mass is 223 g/mol. The van der Waals surface area contributed by atoms with Crippen LogP contribution in [0.25, 0.3) is 17.1 Å². The third-order valence-corrected chi connectivity index (χ3v) is 3.07. The van der Waals surface area contributed by atoms with Gasteiger partial charge in [0.15, 0.2) is 5.82 Å². The molecule has 2 aromatic heterocycles. The fraction of sp³-hybridized carbons (Fsp3) is 0.0833. The van der Waals surface area contributed by atoms with Gasteiger partial charge in [0, 0.05) is 5.56 Å². The maximum Gasteiger partial charge on any atom is 0.166 e. The minimum atomic E-state index is 0.747. The minimum absolute atomic E-state index is 0.747. The molecule has 17 heavy (non-hydrogen) atoms. The number of hydrogen-bond donors (Lipinski definition) is 0. The molecule has 1 aliphatic heterocycles. The fourth-order valence-electron chi connectivity index (χ4n) is 2.28. The van der Waals surface area contributed by atoms with Crippen molar-refractivity contribution in [3.05, 3.63) is 48.8 Å². The Balaban J connectivity index is 2.14. The van der Waals surface area contributed by atoms with Gasteiger partial charge in [0.1, 0.15) is 6.33 Å². The second kappa shape index (κ2) is 3.04. The van der Waals surface area contributed by atoms with Gasteiger partial charge in [-0.05, 0) is 12.1 Å². The van der Waals surface area contributed by atoms with E-state index in [4.69, 9.17) is 0 Å². The lowest BCUT2D eigenvalue weighted by molar-refractivity contribution is 0.772. The summed E-state index contributed by atoms with van der Waals surface area (Å²) in [5, 5.41) is 8.18. The molecule has 0 aliphatic carbocycles. The quantitative estimate of drug-likeness (QED) is 0.454. The molecule has 0 fully saturated rings. The Morgan fingerprint density at radius 2 is 2.06 bits per heavy atom. The zero-order chi connectivity index (χ0) is 11.2. The standard InChI is InChI=1S/C12H9N5/c1-2-4-11-10(3-1)12-15-14-8-16(12)6-9-5-13-7-17(9)11/h1-5,7-8H,6H2. The summed E-state index contributed by atoms with van der Waals surface area (Å²) < 4.78 is 4.14. The molecule has 5 nitrogen and oxygen atoms in total. The van der Waals surface area contributed by atoms with E-state index in [2.05, 4.69) is 31.9 Å². The Morgan fingerprint density at radius 1 is 1.12 bits per heavy atom. The van der Waals surface area contributed by atoms with Gasteiger partial charge in [-0.3, -0.25) is 0 Å². The average molecular weight is 223 g/mol. The highest BCUT2D eigenvalue weighted by molar-refractivity contribution is 5.68. The highest BCUT2D eigenvalue weighted by Crippen LogP contribution is 2.29. The maximum atomic E-state index is 4.21. The van der Waals surface area contributed by atoms with E-state index in [1.165, 1.54) is 0 Å². The Labute approximate surface area is 97.4 Å². The smallest absolute Gasteiger partial charge is 0.166 e. The normalized spacial score (nSPS) is 12.5. The number of para-hydroxylation sites is 1. The first-order valence-electron chi connectivity index (χ1n) is 5.42. The molecular formula is C12H9N5. The first-order valence-corrected chi connectivity index (χ1v) is 5.42. The molecule has 0 N–H and O–H groups in total. The van der Waals surface area contributed by atoms with Crippen LogP contribution in [0.15, 0.2) is 43.1 Å².